The van der Waals surface area contributed by atoms with Gasteiger partial charge in [0.05, 0.1) is 5.56 Å². The molecule has 2 unspecified atom stereocenters. The number of halogens is 1. The molecule has 1 aliphatic rings. The van der Waals surface area contributed by atoms with E-state index in [1.165, 1.54) is 6.07 Å². The van der Waals surface area contributed by atoms with E-state index in [4.69, 9.17) is 18.0 Å². The molecule has 1 fully saturated rings. The summed E-state index contributed by atoms with van der Waals surface area (Å²) in [6, 6.07) is 5.46. The lowest BCUT2D eigenvalue weighted by Crippen LogP contribution is -2.34. The monoisotopic (exact) mass is 281 g/mol. The lowest BCUT2D eigenvalue weighted by molar-refractivity contribution is 0.266. The van der Waals surface area contributed by atoms with Crippen molar-refractivity contribution in [1.82, 2.24) is 4.90 Å². The van der Waals surface area contributed by atoms with Crippen LogP contribution in [-0.4, -0.2) is 43.1 Å². The minimum absolute atomic E-state index is 0.119. The number of anilines is 1. The number of hydrogen-bond donors (Lipinski definition) is 1. The summed E-state index contributed by atoms with van der Waals surface area (Å²) in [5, 5.41) is 0. The third kappa shape index (κ3) is 2.72. The number of thiocarbonyl (C=S) groups is 1. The molecule has 2 atom stereocenters. The molecule has 2 N–H and O–H groups in total. The summed E-state index contributed by atoms with van der Waals surface area (Å²) < 4.78 is 13.9. The van der Waals surface area contributed by atoms with Gasteiger partial charge in [0.25, 0.3) is 0 Å². The van der Waals surface area contributed by atoms with Crippen LogP contribution in [0.2, 0.25) is 0 Å². The molecular formula is C14H20FN3S. The fraction of sp³-hybridized carbons (Fsp3) is 0.500. The third-order valence-electron chi connectivity index (χ3n) is 3.81. The Balaban J connectivity index is 2.34. The van der Waals surface area contributed by atoms with Gasteiger partial charge in [-0.1, -0.05) is 25.2 Å². The number of rotatable bonds is 3. The molecule has 0 aliphatic carbocycles. The molecule has 19 heavy (non-hydrogen) atoms. The molecule has 3 nitrogen and oxygen atoms in total. The van der Waals surface area contributed by atoms with E-state index in [9.17, 15) is 4.39 Å². The highest BCUT2D eigenvalue weighted by molar-refractivity contribution is 7.80. The highest BCUT2D eigenvalue weighted by Crippen LogP contribution is 2.30. The average molecular weight is 281 g/mol. The van der Waals surface area contributed by atoms with Gasteiger partial charge in [-0.15, -0.1) is 0 Å². The van der Waals surface area contributed by atoms with Gasteiger partial charge in [-0.25, -0.2) is 4.39 Å². The van der Waals surface area contributed by atoms with E-state index < -0.39 is 0 Å². The number of nitrogens with two attached hydrogens (primary N) is 1. The van der Waals surface area contributed by atoms with E-state index in [1.54, 1.807) is 6.07 Å². The maximum Gasteiger partial charge on any atom is 0.135 e. The second kappa shape index (κ2) is 5.43. The van der Waals surface area contributed by atoms with Gasteiger partial charge in [0, 0.05) is 24.8 Å². The smallest absolute Gasteiger partial charge is 0.135 e. The van der Waals surface area contributed by atoms with Gasteiger partial charge in [0.2, 0.25) is 0 Å². The van der Waals surface area contributed by atoms with Crippen molar-refractivity contribution in [3.05, 3.63) is 29.6 Å². The van der Waals surface area contributed by atoms with Gasteiger partial charge in [-0.2, -0.15) is 0 Å². The van der Waals surface area contributed by atoms with Gasteiger partial charge >= 0.3 is 0 Å². The van der Waals surface area contributed by atoms with Gasteiger partial charge in [0.15, 0.2) is 0 Å². The van der Waals surface area contributed by atoms with Gasteiger partial charge < -0.3 is 15.5 Å². The molecule has 5 heteroatoms. The Hall–Kier alpha value is -1.20. The molecule has 1 aliphatic heterocycles. The van der Waals surface area contributed by atoms with Crippen molar-refractivity contribution < 1.29 is 4.39 Å². The zero-order chi connectivity index (χ0) is 14.2. The van der Waals surface area contributed by atoms with Crippen LogP contribution >= 0.6 is 12.2 Å². The van der Waals surface area contributed by atoms with E-state index in [0.717, 1.165) is 18.8 Å². The topological polar surface area (TPSA) is 32.5 Å². The van der Waals surface area contributed by atoms with Crippen molar-refractivity contribution in [3.8, 4) is 0 Å². The Morgan fingerprint density at radius 3 is 2.63 bits per heavy atom. The van der Waals surface area contributed by atoms with Crippen LogP contribution in [0, 0.1) is 11.7 Å². The van der Waals surface area contributed by atoms with Crippen LogP contribution in [0.25, 0.3) is 0 Å². The fourth-order valence-electron chi connectivity index (χ4n) is 2.84. The first-order valence-corrected chi connectivity index (χ1v) is 6.82. The fourth-order valence-corrected chi connectivity index (χ4v) is 3.04. The Labute approximate surface area is 119 Å². The van der Waals surface area contributed by atoms with Gasteiger partial charge in [0.1, 0.15) is 10.8 Å². The Morgan fingerprint density at radius 1 is 1.42 bits per heavy atom. The summed E-state index contributed by atoms with van der Waals surface area (Å²) in [4.78, 5) is 4.51. The van der Waals surface area contributed by atoms with Crippen molar-refractivity contribution in [1.29, 1.82) is 0 Å². The number of nitrogens with zero attached hydrogens (tertiary/aromatic N) is 2. The third-order valence-corrected chi connectivity index (χ3v) is 4.02. The van der Waals surface area contributed by atoms with Crippen molar-refractivity contribution >= 4 is 22.9 Å². The Kier molecular flexibility index (Phi) is 4.06. The molecule has 1 heterocycles. The van der Waals surface area contributed by atoms with E-state index in [0.29, 0.717) is 17.5 Å². The molecule has 1 aromatic carbocycles. The summed E-state index contributed by atoms with van der Waals surface area (Å²) in [7, 11) is 4.15. The van der Waals surface area contributed by atoms with Crippen LogP contribution in [0.5, 0.6) is 0 Å². The number of likely N-dealkylation sites (N-methyl/N-ethyl adjacent to an activating group) is 1. The van der Waals surface area contributed by atoms with Gasteiger partial charge in [-0.05, 0) is 32.1 Å². The number of benzene rings is 1. The SMILES string of the molecule is CC1CN(c2cccc(F)c2C(N)=S)CC1N(C)C. The second-order valence-electron chi connectivity index (χ2n) is 5.41. The van der Waals surface area contributed by atoms with Crippen LogP contribution in [0.4, 0.5) is 10.1 Å². The zero-order valence-electron chi connectivity index (χ0n) is 11.6. The first-order chi connectivity index (χ1) is 8.91. The summed E-state index contributed by atoms with van der Waals surface area (Å²) in [5.41, 5.74) is 6.84. The molecule has 104 valence electrons. The lowest BCUT2D eigenvalue weighted by Gasteiger charge is -2.24. The summed E-state index contributed by atoms with van der Waals surface area (Å²) in [5.74, 6) is 0.184. The molecule has 0 spiro atoms. The minimum atomic E-state index is -0.342. The van der Waals surface area contributed by atoms with E-state index in [-0.39, 0.29) is 10.8 Å². The lowest BCUT2D eigenvalue weighted by atomic mass is 10.1. The van der Waals surface area contributed by atoms with Crippen LogP contribution < -0.4 is 10.6 Å². The molecule has 0 amide bonds. The van der Waals surface area contributed by atoms with Crippen molar-refractivity contribution in [3.63, 3.8) is 0 Å². The van der Waals surface area contributed by atoms with Crippen molar-refractivity contribution in [2.75, 3.05) is 32.1 Å². The first kappa shape index (κ1) is 14.2. The van der Waals surface area contributed by atoms with Crippen LogP contribution in [0.3, 0.4) is 0 Å². The Morgan fingerprint density at radius 2 is 2.11 bits per heavy atom. The van der Waals surface area contributed by atoms with Gasteiger partial charge in [-0.3, -0.25) is 0 Å². The predicted octanol–water partition coefficient (Wildman–Crippen LogP) is 1.85. The van der Waals surface area contributed by atoms with Crippen molar-refractivity contribution in [2.24, 2.45) is 11.7 Å². The summed E-state index contributed by atoms with van der Waals surface area (Å²) >= 11 is 4.98. The molecule has 0 bridgehead atoms. The molecular weight excluding hydrogens is 261 g/mol. The highest BCUT2D eigenvalue weighted by atomic mass is 32.1. The van der Waals surface area contributed by atoms with Crippen LogP contribution in [0.1, 0.15) is 12.5 Å². The number of hydrogen-bond acceptors (Lipinski definition) is 3. The average Bonchev–Trinajstić information content (AvgIpc) is 2.70. The van der Waals surface area contributed by atoms with Crippen LogP contribution in [0.15, 0.2) is 18.2 Å². The van der Waals surface area contributed by atoms with E-state index >= 15 is 0 Å². The van der Waals surface area contributed by atoms with E-state index in [2.05, 4.69) is 30.8 Å². The molecule has 1 saturated heterocycles. The highest BCUT2D eigenvalue weighted by Gasteiger charge is 2.32. The van der Waals surface area contributed by atoms with Crippen molar-refractivity contribution in [2.45, 2.75) is 13.0 Å². The van der Waals surface area contributed by atoms with E-state index in [1.807, 2.05) is 6.07 Å². The molecule has 0 aromatic heterocycles. The molecule has 2 rings (SSSR count). The predicted molar refractivity (Wildman–Crippen MR) is 81.1 cm³/mol. The molecule has 0 radical (unpaired) electrons. The van der Waals surface area contributed by atoms with Crippen LogP contribution in [-0.2, 0) is 0 Å². The zero-order valence-corrected chi connectivity index (χ0v) is 12.4. The standard InChI is InChI=1S/C14H20FN3S/c1-9-7-18(8-12(9)17(2)3)11-6-4-5-10(15)13(11)14(16)19/h4-6,9,12H,7-8H2,1-3H3,(H2,16,19). The minimum Gasteiger partial charge on any atom is -0.389 e. The Bertz CT molecular complexity index is 490. The quantitative estimate of drug-likeness (QED) is 0.857. The normalized spacial score (nSPS) is 23.1. The second-order valence-corrected chi connectivity index (χ2v) is 5.85. The maximum absolute atomic E-state index is 13.9. The molecule has 0 saturated carbocycles. The summed E-state index contributed by atoms with van der Waals surface area (Å²) in [6.07, 6.45) is 0. The molecule has 1 aromatic rings. The summed E-state index contributed by atoms with van der Waals surface area (Å²) in [6.45, 7) is 3.97. The first-order valence-electron chi connectivity index (χ1n) is 6.41. The maximum atomic E-state index is 13.9. The largest absolute Gasteiger partial charge is 0.389 e.